The predicted octanol–water partition coefficient (Wildman–Crippen LogP) is 24.7. The van der Waals surface area contributed by atoms with Crippen molar-refractivity contribution in [3.63, 3.8) is 0 Å². The first-order chi connectivity index (χ1) is 60.9. The molecule has 0 saturated heterocycles. The van der Waals surface area contributed by atoms with E-state index in [0.29, 0.717) is 62.6 Å². The second-order valence-electron chi connectivity index (χ2n) is 32.4. The molecule has 9 N–H and O–H groups in total. The molecule has 746 valence electrons. The number of carbonyl (C=O) groups is 5. The molecular formula is C94H157FN7O26PPt. The van der Waals surface area contributed by atoms with E-state index in [9.17, 15) is 44.2 Å². The molecule has 6 aromatic rings. The van der Waals surface area contributed by atoms with Crippen LogP contribution in [0.15, 0.2) is 109 Å². The Kier molecular flexibility index (Phi) is 75.5. The summed E-state index contributed by atoms with van der Waals surface area (Å²) >= 11 is -1.92. The van der Waals surface area contributed by atoms with Crippen LogP contribution in [0.4, 0.5) is 62.6 Å². The number of benzene rings is 6. The third-order valence-electron chi connectivity index (χ3n) is 15.5. The molecule has 0 atom stereocenters. The number of nitro benzene ring substituents is 2. The predicted molar refractivity (Wildman–Crippen MR) is 512 cm³/mol. The number of rotatable bonds is 27. The summed E-state index contributed by atoms with van der Waals surface area (Å²) in [6, 6.07) is 30.8. The van der Waals surface area contributed by atoms with E-state index in [-0.39, 0.29) is 31.8 Å². The van der Waals surface area contributed by atoms with E-state index >= 15 is 0 Å². The Labute approximate surface area is 784 Å². The molecule has 0 aliphatic heterocycles. The van der Waals surface area contributed by atoms with Gasteiger partial charge in [-0.15, -0.1) is 13.1 Å². The number of aryl methyl sites for hydroxylation is 3. The summed E-state index contributed by atoms with van der Waals surface area (Å²) in [4.78, 5) is 76.9. The number of aliphatic hydroxyl groups is 2. The van der Waals surface area contributed by atoms with Crippen molar-refractivity contribution in [3.8, 4) is 40.2 Å². The molecular weight excluding hydrogens is 1890 g/mol. The van der Waals surface area contributed by atoms with E-state index in [0.717, 1.165) is 44.7 Å². The maximum absolute atomic E-state index is 11.7. The van der Waals surface area contributed by atoms with Crippen LogP contribution in [0.25, 0.3) is 0 Å². The van der Waals surface area contributed by atoms with Crippen molar-refractivity contribution in [1.82, 2.24) is 0 Å². The normalized spacial score (nSPS) is 10.2. The van der Waals surface area contributed by atoms with Crippen molar-refractivity contribution in [3.05, 3.63) is 157 Å². The molecule has 0 bridgehead atoms. The molecule has 0 fully saturated rings. The zero-order valence-electron chi connectivity index (χ0n) is 82.8. The second-order valence-corrected chi connectivity index (χ2v) is 33.8. The van der Waals surface area contributed by atoms with Gasteiger partial charge in [-0.05, 0) is 231 Å². The van der Waals surface area contributed by atoms with E-state index in [2.05, 4.69) is 81.5 Å². The molecule has 33 nitrogen and oxygen atoms in total. The number of ether oxygens (including phenoxy) is 13. The van der Waals surface area contributed by atoms with E-state index in [4.69, 9.17) is 84.1 Å². The van der Waals surface area contributed by atoms with Gasteiger partial charge >= 0.3 is 67.2 Å². The fourth-order valence-electron chi connectivity index (χ4n) is 9.49. The zero-order chi connectivity index (χ0) is 101. The van der Waals surface area contributed by atoms with Crippen LogP contribution in [-0.4, -0.2) is 142 Å². The average molecular weight is 2050 g/mol. The van der Waals surface area contributed by atoms with Gasteiger partial charge in [0, 0.05) is 19.6 Å². The van der Waals surface area contributed by atoms with Crippen LogP contribution in [0.3, 0.4) is 0 Å². The Bertz CT molecular complexity index is 3840. The molecule has 36 heteroatoms. The standard InChI is InChI=1S/C14H21NO3.2C13H19NO4.C10H18O5.C9H11NO3.C9H13NO.C8H9NO4.2C8H18.C2H7P.FH2N.2O.Pt.H2/c1-6-10-7-8-11(12(9-10)17-5)15-13(16)18-14(2,3)4;1-13(2,3)18-12(15)14-10-7-6-9(16-4)8-11(10)17-5;1-13(2,3)18-12(16)14-10-6-5-9(8-15)7-11(10)17-4;1-9(2,3)14-7(11)13-8(12)15-10(4,5)6;1-3-7-4-5-8(10(11)12)9(6-7)13-2;1-3-7-4-5-8(10)9(6-7)11-2;1-13-8-4-6(5-10)2-3-7(8)9(11)12;2*1-3-5-7-8-6-4-2;1-3-2;1-2;;;;/h7-9H,6H2,1-5H3,(H,15,16);6-8H,1-5H3,(H,14,15);5-7,15H,8H2,1-4H3,(H,14,16);1-6H3;4-6H,3H2,1-2H3;4-6H,3,10H2,1-2H3;2-4,10H,5H2,1H3;2*3-8H2,1-2H3;3H,1-2H3;2H2;;;;1H. The monoisotopic (exact) mass is 2050 g/mol. The molecule has 6 rings (SSSR count). The van der Waals surface area contributed by atoms with Gasteiger partial charge in [-0.3, -0.25) is 36.2 Å². The molecule has 0 unspecified atom stereocenters. The Morgan fingerprint density at radius 1 is 0.385 bits per heavy atom. The van der Waals surface area contributed by atoms with Crippen molar-refractivity contribution in [1.29, 1.82) is 0 Å². The second kappa shape index (κ2) is 75.3. The zero-order valence-corrected chi connectivity index (χ0v) is 86.1. The number of hydrogen-bond acceptors (Lipinski definition) is 28. The molecule has 0 heterocycles. The van der Waals surface area contributed by atoms with Crippen LogP contribution in [0.2, 0.25) is 0 Å². The number of nitrogens with one attached hydrogen (secondary N) is 3. The number of methoxy groups -OCH3 is 7. The molecule has 0 saturated carbocycles. The molecule has 0 spiro atoms. The first-order valence-corrected chi connectivity index (χ1v) is 46.3. The third-order valence-corrected chi connectivity index (χ3v) is 15.5. The van der Waals surface area contributed by atoms with Gasteiger partial charge in [-0.2, -0.15) is 5.96 Å². The molecule has 0 aliphatic rings. The molecule has 6 aromatic carbocycles. The topological polar surface area (TPSA) is 454 Å². The number of amides is 3. The number of hydrogen-bond donors (Lipinski definition) is 7. The van der Waals surface area contributed by atoms with Crippen LogP contribution in [0, 0.1) is 20.2 Å². The summed E-state index contributed by atoms with van der Waals surface area (Å²) < 4.78 is 90.7. The Morgan fingerprint density at radius 2 is 0.623 bits per heavy atom. The number of nitrogens with zero attached hydrogens (tertiary/aromatic N) is 2. The summed E-state index contributed by atoms with van der Waals surface area (Å²) in [7, 11) is 11.7. The van der Waals surface area contributed by atoms with Gasteiger partial charge < -0.3 is 77.5 Å². The minimum absolute atomic E-state index is 0. The van der Waals surface area contributed by atoms with Crippen LogP contribution in [0.1, 0.15) is 259 Å². The van der Waals surface area contributed by atoms with Crippen LogP contribution in [-0.2, 0) is 86.2 Å². The van der Waals surface area contributed by atoms with E-state index in [1.807, 2.05) is 64.1 Å². The number of nitro groups is 2. The first-order valence-electron chi connectivity index (χ1n) is 42.5. The third kappa shape index (κ3) is 70.5. The molecule has 0 aliphatic carbocycles. The van der Waals surface area contributed by atoms with E-state index in [1.54, 1.807) is 153 Å². The number of nitrogens with two attached hydrogens (primary N) is 2. The van der Waals surface area contributed by atoms with Crippen molar-refractivity contribution in [2.45, 2.75) is 290 Å². The number of nitrogen functional groups attached to an aromatic ring is 1. The van der Waals surface area contributed by atoms with Crippen molar-refractivity contribution in [2.24, 2.45) is 5.96 Å². The molecule has 3 amide bonds. The van der Waals surface area contributed by atoms with Gasteiger partial charge in [0.15, 0.2) is 11.5 Å². The average Bonchev–Trinajstić information content (AvgIpc) is 0.873. The van der Waals surface area contributed by atoms with Crippen LogP contribution >= 0.6 is 8.58 Å². The number of halogens is 1. The summed E-state index contributed by atoms with van der Waals surface area (Å²) in [6.07, 6.45) is 16.1. The van der Waals surface area contributed by atoms with Gasteiger partial charge in [0.2, 0.25) is 0 Å². The first kappa shape index (κ1) is 130. The SMILES string of the molecule is CC(C)(C)OC(=O)OC(=O)OC(C)(C)C.CCCCCCCC.CCCCCCCC.CCc1ccc(N)c(OC)c1.CCc1ccc(NC(=O)OC(C)(C)C)c(OC)c1.CCc1ccc([N+](=O)[O-])c(OC)c1.COc1cc(CO)ccc1NC(=O)OC(C)(C)C.COc1cc(CO)ccc1[N+](=O)[O-].COc1ccc(NC(=O)OC(C)(C)C)c(OC)c1.CPC.NF.[HH].[O]=[Pt]=[O]. The van der Waals surface area contributed by atoms with Gasteiger partial charge in [-0.1, -0.05) is 150 Å². The van der Waals surface area contributed by atoms with Gasteiger partial charge in [0.25, 0.3) is 0 Å². The maximum atomic E-state index is 11.7. The summed E-state index contributed by atoms with van der Waals surface area (Å²) in [5.74, 6) is 6.54. The Morgan fingerprint density at radius 3 is 0.885 bits per heavy atom. The van der Waals surface area contributed by atoms with Gasteiger partial charge in [0.05, 0.1) is 95.6 Å². The van der Waals surface area contributed by atoms with E-state index in [1.165, 1.54) is 135 Å². The summed E-state index contributed by atoms with van der Waals surface area (Å²) in [5, 5.41) is 46.6. The van der Waals surface area contributed by atoms with Crippen molar-refractivity contribution in [2.75, 3.05) is 84.8 Å². The number of unbranched alkanes of at least 4 members (excludes halogenated alkanes) is 10. The van der Waals surface area contributed by atoms with Crippen LogP contribution in [0.5, 0.6) is 40.2 Å². The Balaban J connectivity index is -0.000000264. The summed E-state index contributed by atoms with van der Waals surface area (Å²) in [5.41, 5.74) is 9.63. The molecule has 0 radical (unpaired) electrons. The number of anilines is 4. The van der Waals surface area contributed by atoms with E-state index < -0.39 is 86.9 Å². The number of aliphatic hydroxyl groups excluding tert-OH is 2. The van der Waals surface area contributed by atoms with Gasteiger partial charge in [0.1, 0.15) is 56.8 Å². The minimum atomic E-state index is -1.92. The van der Waals surface area contributed by atoms with Crippen molar-refractivity contribution < 1.29 is 137 Å². The molecule has 130 heavy (non-hydrogen) atoms. The quantitative estimate of drug-likeness (QED) is 0.00290. The number of carbonyl (C=O) groups excluding carboxylic acids is 5. The fourth-order valence-corrected chi connectivity index (χ4v) is 9.49. The molecule has 0 aromatic heterocycles. The van der Waals surface area contributed by atoms with Crippen molar-refractivity contribution >= 4 is 73.3 Å². The van der Waals surface area contributed by atoms with Gasteiger partial charge in [-0.25, -0.2) is 24.0 Å². The van der Waals surface area contributed by atoms with Crippen LogP contribution < -0.4 is 60.8 Å². The Hall–Kier alpha value is -10.4. The fraction of sp³-hybridized carbons (Fsp3) is 0.564. The summed E-state index contributed by atoms with van der Waals surface area (Å²) in [6.45, 7) is 45.5.